The van der Waals surface area contributed by atoms with Gasteiger partial charge in [0.15, 0.2) is 0 Å². The topological polar surface area (TPSA) is 49.3 Å². The van der Waals surface area contributed by atoms with Gasteiger partial charge in [0.1, 0.15) is 5.82 Å². The molecule has 1 fully saturated rings. The van der Waals surface area contributed by atoms with Crippen molar-refractivity contribution in [2.75, 3.05) is 6.54 Å². The van der Waals surface area contributed by atoms with Gasteiger partial charge in [-0.15, -0.1) is 0 Å². The third-order valence-corrected chi connectivity index (χ3v) is 3.32. The minimum absolute atomic E-state index is 0.228. The van der Waals surface area contributed by atoms with Gasteiger partial charge in [-0.3, -0.25) is 0 Å². The number of carboxylic acid groups (broad SMARTS) is 1. The monoisotopic (exact) mass is 237 g/mol. The maximum Gasteiger partial charge on any atom is 0.338 e. The van der Waals surface area contributed by atoms with Crippen molar-refractivity contribution in [3.63, 3.8) is 0 Å². The van der Waals surface area contributed by atoms with Gasteiger partial charge in [0, 0.05) is 6.04 Å². The zero-order valence-electron chi connectivity index (χ0n) is 9.74. The number of aromatic carboxylic acids is 1. The smallest absolute Gasteiger partial charge is 0.338 e. The Balaban J connectivity index is 2.26. The van der Waals surface area contributed by atoms with Crippen LogP contribution in [0, 0.1) is 5.82 Å². The van der Waals surface area contributed by atoms with Crippen LogP contribution in [0.5, 0.6) is 0 Å². The third kappa shape index (κ3) is 2.64. The first-order valence-electron chi connectivity index (χ1n) is 5.84. The van der Waals surface area contributed by atoms with Gasteiger partial charge in [0.2, 0.25) is 0 Å². The molecule has 0 aliphatic carbocycles. The molecule has 1 aromatic rings. The van der Waals surface area contributed by atoms with E-state index in [4.69, 9.17) is 5.11 Å². The zero-order chi connectivity index (χ0) is 12.4. The average molecular weight is 237 g/mol. The van der Waals surface area contributed by atoms with Crippen molar-refractivity contribution in [2.45, 2.75) is 31.7 Å². The Labute approximate surface area is 99.7 Å². The van der Waals surface area contributed by atoms with Gasteiger partial charge in [0.25, 0.3) is 0 Å². The number of carbonyl (C=O) groups is 1. The number of nitrogens with one attached hydrogen (secondary N) is 1. The van der Waals surface area contributed by atoms with Gasteiger partial charge in [0.05, 0.1) is 5.56 Å². The second kappa shape index (κ2) is 4.84. The molecule has 0 unspecified atom stereocenters. The fourth-order valence-electron chi connectivity index (χ4n) is 2.40. The predicted molar refractivity (Wildman–Crippen MR) is 62.8 cm³/mol. The van der Waals surface area contributed by atoms with Crippen LogP contribution in [0.1, 0.15) is 41.6 Å². The standard InChI is InChI=1S/C13H16FNO2/c1-8-6-10(4-5-15-8)9-2-3-12(14)11(7-9)13(16)17/h2-3,7-8,10,15H,4-6H2,1H3,(H,16,17)/t8-,10-/m1/s1. The number of carboxylic acids is 1. The lowest BCUT2D eigenvalue weighted by molar-refractivity contribution is 0.0691. The quantitative estimate of drug-likeness (QED) is 0.830. The molecule has 4 heteroatoms. The van der Waals surface area contributed by atoms with Crippen molar-refractivity contribution in [3.05, 3.63) is 35.1 Å². The summed E-state index contributed by atoms with van der Waals surface area (Å²) in [4.78, 5) is 10.9. The van der Waals surface area contributed by atoms with Crippen LogP contribution in [-0.4, -0.2) is 23.7 Å². The Bertz CT molecular complexity index is 433. The van der Waals surface area contributed by atoms with E-state index in [1.807, 2.05) is 0 Å². The van der Waals surface area contributed by atoms with Crippen molar-refractivity contribution in [1.82, 2.24) is 5.32 Å². The summed E-state index contributed by atoms with van der Waals surface area (Å²) in [6.45, 7) is 3.03. The third-order valence-electron chi connectivity index (χ3n) is 3.32. The molecule has 3 nitrogen and oxygen atoms in total. The maximum absolute atomic E-state index is 13.3. The maximum atomic E-state index is 13.3. The Morgan fingerprint density at radius 2 is 2.29 bits per heavy atom. The van der Waals surface area contributed by atoms with E-state index < -0.39 is 11.8 Å². The Kier molecular flexibility index (Phi) is 3.43. The van der Waals surface area contributed by atoms with Crippen LogP contribution in [0.2, 0.25) is 0 Å². The first kappa shape index (κ1) is 12.0. The highest BCUT2D eigenvalue weighted by atomic mass is 19.1. The summed E-state index contributed by atoms with van der Waals surface area (Å²) in [6.07, 6.45) is 1.93. The van der Waals surface area contributed by atoms with Crippen molar-refractivity contribution in [1.29, 1.82) is 0 Å². The molecule has 0 aromatic heterocycles. The van der Waals surface area contributed by atoms with Crippen LogP contribution in [0.3, 0.4) is 0 Å². The number of piperidine rings is 1. The zero-order valence-corrected chi connectivity index (χ0v) is 9.74. The highest BCUT2D eigenvalue weighted by molar-refractivity contribution is 5.88. The van der Waals surface area contributed by atoms with Crippen molar-refractivity contribution in [2.24, 2.45) is 0 Å². The summed E-state index contributed by atoms with van der Waals surface area (Å²) in [5.41, 5.74) is 0.700. The summed E-state index contributed by atoms with van der Waals surface area (Å²) in [6, 6.07) is 4.85. The fourth-order valence-corrected chi connectivity index (χ4v) is 2.40. The molecule has 0 bridgehead atoms. The molecule has 1 aromatic carbocycles. The van der Waals surface area contributed by atoms with E-state index in [0.717, 1.165) is 24.9 Å². The Hall–Kier alpha value is -1.42. The molecule has 0 saturated carbocycles. The van der Waals surface area contributed by atoms with E-state index in [-0.39, 0.29) is 5.56 Å². The summed E-state index contributed by atoms with van der Waals surface area (Å²) < 4.78 is 13.3. The van der Waals surface area contributed by atoms with Crippen molar-refractivity contribution < 1.29 is 14.3 Å². The second-order valence-electron chi connectivity index (χ2n) is 4.62. The number of benzene rings is 1. The van der Waals surface area contributed by atoms with E-state index in [9.17, 15) is 9.18 Å². The van der Waals surface area contributed by atoms with Gasteiger partial charge in [-0.25, -0.2) is 9.18 Å². The molecule has 0 amide bonds. The minimum Gasteiger partial charge on any atom is -0.478 e. The summed E-state index contributed by atoms with van der Waals surface area (Å²) in [5.74, 6) is -1.54. The number of rotatable bonds is 2. The minimum atomic E-state index is -1.20. The molecule has 1 aliphatic rings. The van der Waals surface area contributed by atoms with Crippen LogP contribution >= 0.6 is 0 Å². The lowest BCUT2D eigenvalue weighted by Gasteiger charge is -2.28. The van der Waals surface area contributed by atoms with Crippen LogP contribution in [0.4, 0.5) is 4.39 Å². The highest BCUT2D eigenvalue weighted by Gasteiger charge is 2.21. The summed E-state index contributed by atoms with van der Waals surface area (Å²) in [5, 5.41) is 12.2. The lowest BCUT2D eigenvalue weighted by atomic mass is 9.86. The molecule has 2 N–H and O–H groups in total. The predicted octanol–water partition coefficient (Wildman–Crippen LogP) is 2.38. The molecule has 2 rings (SSSR count). The van der Waals surface area contributed by atoms with E-state index >= 15 is 0 Å². The molecule has 1 heterocycles. The molecular weight excluding hydrogens is 221 g/mol. The van der Waals surface area contributed by atoms with Crippen molar-refractivity contribution in [3.8, 4) is 0 Å². The van der Waals surface area contributed by atoms with E-state index in [1.165, 1.54) is 12.1 Å². The van der Waals surface area contributed by atoms with Crippen LogP contribution in [-0.2, 0) is 0 Å². The second-order valence-corrected chi connectivity index (χ2v) is 4.62. The molecule has 17 heavy (non-hydrogen) atoms. The van der Waals surface area contributed by atoms with Crippen molar-refractivity contribution >= 4 is 5.97 Å². The highest BCUT2D eigenvalue weighted by Crippen LogP contribution is 2.28. The van der Waals surface area contributed by atoms with E-state index in [1.54, 1.807) is 6.07 Å². The molecule has 1 saturated heterocycles. The lowest BCUT2D eigenvalue weighted by Crippen LogP contribution is -2.34. The molecule has 0 radical (unpaired) electrons. The van der Waals surface area contributed by atoms with Crippen LogP contribution in [0.25, 0.3) is 0 Å². The largest absolute Gasteiger partial charge is 0.478 e. The van der Waals surface area contributed by atoms with Gasteiger partial charge in [-0.05, 0) is 49.9 Å². The molecule has 0 spiro atoms. The van der Waals surface area contributed by atoms with Gasteiger partial charge in [-0.2, -0.15) is 0 Å². The SMILES string of the molecule is C[C@@H]1C[C@H](c2ccc(F)c(C(=O)O)c2)CCN1. The average Bonchev–Trinajstić information content (AvgIpc) is 2.29. The number of hydrogen-bond acceptors (Lipinski definition) is 2. The normalized spacial score (nSPS) is 24.6. The molecule has 92 valence electrons. The molecule has 2 atom stereocenters. The Morgan fingerprint density at radius 3 is 2.94 bits per heavy atom. The van der Waals surface area contributed by atoms with Crippen LogP contribution in [0.15, 0.2) is 18.2 Å². The Morgan fingerprint density at radius 1 is 1.53 bits per heavy atom. The summed E-state index contributed by atoms with van der Waals surface area (Å²) >= 11 is 0. The first-order valence-corrected chi connectivity index (χ1v) is 5.84. The summed E-state index contributed by atoms with van der Waals surface area (Å²) in [7, 11) is 0. The molecule has 1 aliphatic heterocycles. The molecular formula is C13H16FNO2. The van der Waals surface area contributed by atoms with Gasteiger partial charge >= 0.3 is 5.97 Å². The van der Waals surface area contributed by atoms with E-state index in [0.29, 0.717) is 12.0 Å². The van der Waals surface area contributed by atoms with Gasteiger partial charge < -0.3 is 10.4 Å². The number of halogens is 1. The van der Waals surface area contributed by atoms with E-state index in [2.05, 4.69) is 12.2 Å². The van der Waals surface area contributed by atoms with Gasteiger partial charge in [-0.1, -0.05) is 6.07 Å². The fraction of sp³-hybridized carbons (Fsp3) is 0.462. The number of hydrogen-bond donors (Lipinski definition) is 2. The van der Waals surface area contributed by atoms with Crippen LogP contribution < -0.4 is 5.32 Å². The first-order chi connectivity index (χ1) is 8.08.